The van der Waals surface area contributed by atoms with E-state index in [4.69, 9.17) is 9.84 Å². The van der Waals surface area contributed by atoms with Gasteiger partial charge in [-0.05, 0) is 30.7 Å². The van der Waals surface area contributed by atoms with Crippen LogP contribution in [0.3, 0.4) is 0 Å². The van der Waals surface area contributed by atoms with E-state index < -0.39 is 15.8 Å². The van der Waals surface area contributed by atoms with Crippen LogP contribution in [0.4, 0.5) is 0 Å². The van der Waals surface area contributed by atoms with E-state index >= 15 is 0 Å². The lowest BCUT2D eigenvalue weighted by atomic mass is 10.2. The Morgan fingerprint density at radius 1 is 1.22 bits per heavy atom. The Labute approximate surface area is 106 Å². The van der Waals surface area contributed by atoms with E-state index in [-0.39, 0.29) is 22.8 Å². The minimum Gasteiger partial charge on any atom is -0.478 e. The van der Waals surface area contributed by atoms with E-state index in [0.29, 0.717) is 6.61 Å². The zero-order valence-electron chi connectivity index (χ0n) is 10.1. The lowest BCUT2D eigenvalue weighted by molar-refractivity contribution is 0.0696. The Morgan fingerprint density at radius 3 is 2.33 bits per heavy atom. The second kappa shape index (κ2) is 6.51. The van der Waals surface area contributed by atoms with Gasteiger partial charge in [-0.15, -0.1) is 0 Å². The summed E-state index contributed by atoms with van der Waals surface area (Å²) in [7, 11) is -3.40. The topological polar surface area (TPSA) is 80.7 Å². The molecule has 0 fully saturated rings. The standard InChI is InChI=1S/C12H16O5S/c1-2-7-17-8-9-18(15,16)11-5-3-10(4-6-11)12(13)14/h3-6H,2,7-9H2,1H3,(H,13,14). The predicted octanol–water partition coefficient (Wildman–Crippen LogP) is 1.59. The first kappa shape index (κ1) is 14.7. The minimum atomic E-state index is -3.40. The number of sulfone groups is 1. The Balaban J connectivity index is 2.70. The van der Waals surface area contributed by atoms with Gasteiger partial charge in [0.15, 0.2) is 9.84 Å². The molecule has 1 aromatic rings. The quantitative estimate of drug-likeness (QED) is 0.762. The number of rotatable bonds is 7. The Bertz CT molecular complexity index is 490. The molecular weight excluding hydrogens is 256 g/mol. The van der Waals surface area contributed by atoms with E-state index in [0.717, 1.165) is 6.42 Å². The number of aromatic carboxylic acids is 1. The van der Waals surface area contributed by atoms with E-state index in [1.165, 1.54) is 24.3 Å². The van der Waals surface area contributed by atoms with E-state index in [1.807, 2.05) is 6.92 Å². The van der Waals surface area contributed by atoms with Crippen LogP contribution in [0.25, 0.3) is 0 Å². The molecule has 0 atom stereocenters. The Kier molecular flexibility index (Phi) is 5.30. The van der Waals surface area contributed by atoms with Crippen molar-refractivity contribution < 1.29 is 23.1 Å². The molecule has 0 amide bonds. The summed E-state index contributed by atoms with van der Waals surface area (Å²) in [5.41, 5.74) is 0.0659. The third-order valence-corrected chi connectivity index (χ3v) is 4.00. The van der Waals surface area contributed by atoms with Crippen molar-refractivity contribution >= 4 is 15.8 Å². The molecule has 0 aromatic heterocycles. The van der Waals surface area contributed by atoms with Crippen LogP contribution < -0.4 is 0 Å². The van der Waals surface area contributed by atoms with Crippen molar-refractivity contribution in [3.63, 3.8) is 0 Å². The van der Waals surface area contributed by atoms with Gasteiger partial charge in [0.1, 0.15) is 0 Å². The number of carbonyl (C=O) groups is 1. The van der Waals surface area contributed by atoms with Gasteiger partial charge >= 0.3 is 5.97 Å². The average Bonchev–Trinajstić information content (AvgIpc) is 2.35. The summed E-state index contributed by atoms with van der Waals surface area (Å²) >= 11 is 0. The molecule has 5 nitrogen and oxygen atoms in total. The first-order valence-corrected chi connectivity index (χ1v) is 7.26. The highest BCUT2D eigenvalue weighted by Crippen LogP contribution is 2.12. The molecule has 1 aromatic carbocycles. The van der Waals surface area contributed by atoms with E-state index in [1.54, 1.807) is 0 Å². The van der Waals surface area contributed by atoms with Crippen LogP contribution in [-0.4, -0.2) is 38.5 Å². The molecule has 0 radical (unpaired) electrons. The number of ether oxygens (including phenoxy) is 1. The molecule has 0 aliphatic heterocycles. The number of carboxylic acids is 1. The fourth-order valence-corrected chi connectivity index (χ4v) is 2.46. The van der Waals surface area contributed by atoms with Crippen molar-refractivity contribution in [1.82, 2.24) is 0 Å². The molecule has 1 rings (SSSR count). The van der Waals surface area contributed by atoms with Crippen LogP contribution in [0.1, 0.15) is 23.7 Å². The van der Waals surface area contributed by atoms with Crippen LogP contribution in [0.5, 0.6) is 0 Å². The third-order valence-electron chi connectivity index (χ3n) is 2.31. The fourth-order valence-electron chi connectivity index (χ4n) is 1.34. The van der Waals surface area contributed by atoms with E-state index in [9.17, 15) is 13.2 Å². The smallest absolute Gasteiger partial charge is 0.335 e. The normalized spacial score (nSPS) is 11.4. The highest BCUT2D eigenvalue weighted by molar-refractivity contribution is 7.91. The lowest BCUT2D eigenvalue weighted by Crippen LogP contribution is -2.13. The van der Waals surface area contributed by atoms with Crippen molar-refractivity contribution in [1.29, 1.82) is 0 Å². The summed E-state index contributed by atoms with van der Waals surface area (Å²) in [4.78, 5) is 10.8. The largest absolute Gasteiger partial charge is 0.478 e. The maximum atomic E-state index is 11.8. The molecule has 6 heteroatoms. The summed E-state index contributed by atoms with van der Waals surface area (Å²) < 4.78 is 28.8. The summed E-state index contributed by atoms with van der Waals surface area (Å²) in [6.07, 6.45) is 0.841. The van der Waals surface area contributed by atoms with Gasteiger partial charge in [0.25, 0.3) is 0 Å². The van der Waals surface area contributed by atoms with Gasteiger partial charge in [-0.2, -0.15) is 0 Å². The van der Waals surface area contributed by atoms with Crippen molar-refractivity contribution in [2.75, 3.05) is 19.0 Å². The lowest BCUT2D eigenvalue weighted by Gasteiger charge is -2.05. The zero-order chi connectivity index (χ0) is 13.6. The molecule has 0 saturated carbocycles. The first-order valence-electron chi connectivity index (χ1n) is 5.61. The average molecular weight is 272 g/mol. The van der Waals surface area contributed by atoms with Crippen LogP contribution >= 0.6 is 0 Å². The van der Waals surface area contributed by atoms with Gasteiger partial charge in [-0.25, -0.2) is 13.2 Å². The zero-order valence-corrected chi connectivity index (χ0v) is 10.9. The van der Waals surface area contributed by atoms with Gasteiger partial charge in [0, 0.05) is 6.61 Å². The highest BCUT2D eigenvalue weighted by Gasteiger charge is 2.14. The molecule has 0 bridgehead atoms. The van der Waals surface area contributed by atoms with Gasteiger partial charge in [0.05, 0.1) is 22.8 Å². The first-order chi connectivity index (χ1) is 8.47. The number of carboxylic acid groups (broad SMARTS) is 1. The molecule has 1 N–H and O–H groups in total. The third kappa shape index (κ3) is 4.12. The van der Waals surface area contributed by atoms with Gasteiger partial charge in [-0.3, -0.25) is 0 Å². The van der Waals surface area contributed by atoms with Crippen LogP contribution in [0, 0.1) is 0 Å². The summed E-state index contributed by atoms with van der Waals surface area (Å²) in [6, 6.07) is 5.17. The summed E-state index contributed by atoms with van der Waals surface area (Å²) in [6.45, 7) is 2.63. The second-order valence-electron chi connectivity index (χ2n) is 3.76. The van der Waals surface area contributed by atoms with Crippen molar-refractivity contribution in [3.05, 3.63) is 29.8 Å². The molecule has 0 spiro atoms. The Hall–Kier alpha value is -1.40. The van der Waals surface area contributed by atoms with Crippen LogP contribution in [0.2, 0.25) is 0 Å². The van der Waals surface area contributed by atoms with Crippen molar-refractivity contribution in [2.24, 2.45) is 0 Å². The number of hydrogen-bond donors (Lipinski definition) is 1. The number of benzene rings is 1. The fraction of sp³-hybridized carbons (Fsp3) is 0.417. The molecule has 0 saturated heterocycles. The highest BCUT2D eigenvalue weighted by atomic mass is 32.2. The molecular formula is C12H16O5S. The molecule has 0 aliphatic carbocycles. The summed E-state index contributed by atoms with van der Waals surface area (Å²) in [5, 5.41) is 8.71. The molecule has 0 heterocycles. The molecule has 0 aliphatic rings. The van der Waals surface area contributed by atoms with E-state index in [2.05, 4.69) is 0 Å². The molecule has 18 heavy (non-hydrogen) atoms. The SMILES string of the molecule is CCCOCCS(=O)(=O)c1ccc(C(=O)O)cc1. The van der Waals surface area contributed by atoms with Gasteiger partial charge in [0.2, 0.25) is 0 Å². The minimum absolute atomic E-state index is 0.0659. The van der Waals surface area contributed by atoms with Crippen LogP contribution in [-0.2, 0) is 14.6 Å². The Morgan fingerprint density at radius 2 is 1.83 bits per heavy atom. The second-order valence-corrected chi connectivity index (χ2v) is 5.87. The van der Waals surface area contributed by atoms with Gasteiger partial charge < -0.3 is 9.84 Å². The summed E-state index contributed by atoms with van der Waals surface area (Å²) in [5.74, 6) is -1.18. The van der Waals surface area contributed by atoms with Crippen LogP contribution in [0.15, 0.2) is 29.2 Å². The number of hydrogen-bond acceptors (Lipinski definition) is 4. The molecule has 100 valence electrons. The van der Waals surface area contributed by atoms with Crippen molar-refractivity contribution in [2.45, 2.75) is 18.2 Å². The van der Waals surface area contributed by atoms with Crippen molar-refractivity contribution in [3.8, 4) is 0 Å². The monoisotopic (exact) mass is 272 g/mol. The van der Waals surface area contributed by atoms with Gasteiger partial charge in [-0.1, -0.05) is 6.92 Å². The molecule has 0 unspecified atom stereocenters. The predicted molar refractivity (Wildman–Crippen MR) is 66.6 cm³/mol. The maximum Gasteiger partial charge on any atom is 0.335 e. The maximum absolute atomic E-state index is 11.8.